The lowest BCUT2D eigenvalue weighted by Gasteiger charge is -2.17. The van der Waals surface area contributed by atoms with Gasteiger partial charge < -0.3 is 10.1 Å². The molecule has 0 radical (unpaired) electrons. The van der Waals surface area contributed by atoms with E-state index in [0.29, 0.717) is 12.5 Å². The molecular weight excluding hydrogens is 356 g/mol. The zero-order valence-corrected chi connectivity index (χ0v) is 16.6. The highest BCUT2D eigenvalue weighted by atomic mass is 35.5. The first-order valence-corrected chi connectivity index (χ1v) is 9.58. The topological polar surface area (TPSA) is 34.1 Å². The third-order valence-corrected chi connectivity index (χ3v) is 5.28. The highest BCUT2D eigenvalue weighted by Crippen LogP contribution is 2.31. The van der Waals surface area contributed by atoms with Crippen molar-refractivity contribution in [2.45, 2.75) is 38.7 Å². The van der Waals surface area contributed by atoms with Gasteiger partial charge in [0, 0.05) is 17.1 Å². The molecule has 2 heterocycles. The summed E-state index contributed by atoms with van der Waals surface area (Å²) in [5, 5.41) is 4.71. The van der Waals surface area contributed by atoms with Crippen molar-refractivity contribution in [2.24, 2.45) is 0 Å². The van der Waals surface area contributed by atoms with Gasteiger partial charge in [0.15, 0.2) is 0 Å². The summed E-state index contributed by atoms with van der Waals surface area (Å²) in [4.78, 5) is 4.90. The second kappa shape index (κ2) is 9.20. The van der Waals surface area contributed by atoms with E-state index in [1.54, 1.807) is 0 Å². The van der Waals surface area contributed by atoms with Crippen LogP contribution in [0.15, 0.2) is 54.6 Å². The minimum absolute atomic E-state index is 0. The zero-order chi connectivity index (χ0) is 17.8. The molecule has 0 bridgehead atoms. The van der Waals surface area contributed by atoms with Crippen LogP contribution in [0.25, 0.3) is 10.9 Å². The molecule has 1 N–H and O–H groups in total. The molecule has 4 rings (SSSR count). The molecule has 0 saturated carbocycles. The van der Waals surface area contributed by atoms with E-state index in [-0.39, 0.29) is 12.4 Å². The third-order valence-electron chi connectivity index (χ3n) is 5.28. The van der Waals surface area contributed by atoms with E-state index < -0.39 is 0 Å². The summed E-state index contributed by atoms with van der Waals surface area (Å²) in [6.07, 6.45) is 3.69. The molecule has 1 fully saturated rings. The van der Waals surface area contributed by atoms with E-state index in [1.165, 1.54) is 35.8 Å². The van der Waals surface area contributed by atoms with Crippen molar-refractivity contribution in [2.75, 3.05) is 13.1 Å². The molecule has 2 aromatic carbocycles. The minimum Gasteiger partial charge on any atom is -0.489 e. The fraction of sp³-hybridized carbons (Fsp3) is 0.348. The van der Waals surface area contributed by atoms with Crippen LogP contribution in [0, 0.1) is 6.92 Å². The molecule has 1 aromatic heterocycles. The number of ether oxygens (including phenoxy) is 1. The number of rotatable bonds is 4. The van der Waals surface area contributed by atoms with Crippen LogP contribution in [-0.4, -0.2) is 18.1 Å². The Morgan fingerprint density at radius 1 is 1.04 bits per heavy atom. The van der Waals surface area contributed by atoms with E-state index >= 15 is 0 Å². The Bertz CT molecular complexity index is 874. The van der Waals surface area contributed by atoms with Gasteiger partial charge in [-0.2, -0.15) is 0 Å². The molecule has 3 aromatic rings. The number of halogens is 1. The Labute approximate surface area is 167 Å². The zero-order valence-electron chi connectivity index (χ0n) is 15.8. The number of pyridine rings is 1. The number of nitrogens with one attached hydrogen (secondary N) is 1. The minimum atomic E-state index is 0. The first-order valence-electron chi connectivity index (χ1n) is 9.58. The van der Waals surface area contributed by atoms with Gasteiger partial charge >= 0.3 is 0 Å². The molecule has 1 unspecified atom stereocenters. The molecule has 27 heavy (non-hydrogen) atoms. The number of hydrogen-bond donors (Lipinski definition) is 1. The maximum atomic E-state index is 5.95. The molecular formula is C23H27ClN2O. The first-order chi connectivity index (χ1) is 12.8. The lowest BCUT2D eigenvalue weighted by Crippen LogP contribution is -2.14. The SMILES string of the molecule is Cc1nc2cc(OCc3ccccc3)ccc2cc1C1CCCNCC1.Cl. The highest BCUT2D eigenvalue weighted by molar-refractivity contribution is 5.85. The van der Waals surface area contributed by atoms with Crippen molar-refractivity contribution in [3.63, 3.8) is 0 Å². The normalized spacial score (nSPS) is 17.1. The number of aryl methyl sites for hydroxylation is 1. The maximum Gasteiger partial charge on any atom is 0.122 e. The molecule has 4 heteroatoms. The lowest BCUT2D eigenvalue weighted by atomic mass is 9.90. The van der Waals surface area contributed by atoms with Gasteiger partial charge in [-0.15, -0.1) is 12.4 Å². The summed E-state index contributed by atoms with van der Waals surface area (Å²) in [5.74, 6) is 1.50. The summed E-state index contributed by atoms with van der Waals surface area (Å²) in [5.41, 5.74) is 4.77. The van der Waals surface area contributed by atoms with Gasteiger partial charge in [0.1, 0.15) is 12.4 Å². The van der Waals surface area contributed by atoms with E-state index in [2.05, 4.69) is 48.6 Å². The second-order valence-electron chi connectivity index (χ2n) is 7.17. The summed E-state index contributed by atoms with van der Waals surface area (Å²) in [6, 6.07) is 18.9. The predicted octanol–water partition coefficient (Wildman–Crippen LogP) is 5.40. The monoisotopic (exact) mass is 382 g/mol. The van der Waals surface area contributed by atoms with Crippen LogP contribution in [0.1, 0.15) is 42.0 Å². The van der Waals surface area contributed by atoms with Crippen LogP contribution < -0.4 is 10.1 Å². The average molecular weight is 383 g/mol. The molecule has 142 valence electrons. The smallest absolute Gasteiger partial charge is 0.122 e. The summed E-state index contributed by atoms with van der Waals surface area (Å²) in [6.45, 7) is 4.97. The number of hydrogen-bond acceptors (Lipinski definition) is 3. The molecule has 0 spiro atoms. The highest BCUT2D eigenvalue weighted by Gasteiger charge is 2.17. The Morgan fingerprint density at radius 2 is 1.89 bits per heavy atom. The number of nitrogens with zero attached hydrogens (tertiary/aromatic N) is 1. The third kappa shape index (κ3) is 4.79. The van der Waals surface area contributed by atoms with Gasteiger partial charge in [-0.05, 0) is 74.5 Å². The van der Waals surface area contributed by atoms with Crippen LogP contribution in [0.2, 0.25) is 0 Å². The van der Waals surface area contributed by atoms with E-state index in [9.17, 15) is 0 Å². The van der Waals surface area contributed by atoms with Gasteiger partial charge in [0.25, 0.3) is 0 Å². The van der Waals surface area contributed by atoms with Crippen LogP contribution >= 0.6 is 12.4 Å². The predicted molar refractivity (Wildman–Crippen MR) is 114 cm³/mol. The van der Waals surface area contributed by atoms with Crippen molar-refractivity contribution >= 4 is 23.3 Å². The molecule has 1 saturated heterocycles. The van der Waals surface area contributed by atoms with Gasteiger partial charge in [-0.3, -0.25) is 4.98 Å². The Balaban J connectivity index is 0.00000210. The first kappa shape index (κ1) is 19.7. The van der Waals surface area contributed by atoms with E-state index in [4.69, 9.17) is 9.72 Å². The molecule has 1 aliphatic rings. The fourth-order valence-electron chi connectivity index (χ4n) is 3.83. The quantitative estimate of drug-likeness (QED) is 0.655. The molecule has 3 nitrogen and oxygen atoms in total. The standard InChI is InChI=1S/C23H26N2O.ClH/c1-17-22(19-8-5-12-24-13-11-19)14-20-9-10-21(15-23(20)25-17)26-16-18-6-3-2-4-7-18;/h2-4,6-7,9-10,14-15,19,24H,5,8,11-13,16H2,1H3;1H. The Hall–Kier alpha value is -2.10. The number of aromatic nitrogens is 1. The van der Waals surface area contributed by atoms with Crippen molar-refractivity contribution < 1.29 is 4.74 Å². The van der Waals surface area contributed by atoms with Gasteiger partial charge in [-0.1, -0.05) is 30.3 Å². The lowest BCUT2D eigenvalue weighted by molar-refractivity contribution is 0.306. The molecule has 1 atom stereocenters. The Kier molecular flexibility index (Phi) is 6.70. The Morgan fingerprint density at radius 3 is 2.74 bits per heavy atom. The maximum absolute atomic E-state index is 5.95. The number of fused-ring (bicyclic) bond motifs is 1. The largest absolute Gasteiger partial charge is 0.489 e. The van der Waals surface area contributed by atoms with Crippen molar-refractivity contribution in [3.05, 3.63) is 71.4 Å². The number of benzene rings is 2. The van der Waals surface area contributed by atoms with E-state index in [1.807, 2.05) is 18.2 Å². The molecule has 0 amide bonds. The van der Waals surface area contributed by atoms with Gasteiger partial charge in [0.2, 0.25) is 0 Å². The van der Waals surface area contributed by atoms with Crippen LogP contribution in [-0.2, 0) is 6.61 Å². The average Bonchev–Trinajstić information content (AvgIpc) is 2.96. The summed E-state index contributed by atoms with van der Waals surface area (Å²) in [7, 11) is 0. The molecule has 1 aliphatic heterocycles. The van der Waals surface area contributed by atoms with Gasteiger partial charge in [-0.25, -0.2) is 0 Å². The van der Waals surface area contributed by atoms with Crippen molar-refractivity contribution in [1.82, 2.24) is 10.3 Å². The van der Waals surface area contributed by atoms with E-state index in [0.717, 1.165) is 30.0 Å². The summed E-state index contributed by atoms with van der Waals surface area (Å²) >= 11 is 0. The second-order valence-corrected chi connectivity index (χ2v) is 7.17. The van der Waals surface area contributed by atoms with Crippen molar-refractivity contribution in [3.8, 4) is 5.75 Å². The van der Waals surface area contributed by atoms with Crippen LogP contribution in [0.3, 0.4) is 0 Å². The van der Waals surface area contributed by atoms with Gasteiger partial charge in [0.05, 0.1) is 5.52 Å². The van der Waals surface area contributed by atoms with Crippen LogP contribution in [0.4, 0.5) is 0 Å². The van der Waals surface area contributed by atoms with Crippen LogP contribution in [0.5, 0.6) is 5.75 Å². The van der Waals surface area contributed by atoms with Crippen molar-refractivity contribution in [1.29, 1.82) is 0 Å². The summed E-state index contributed by atoms with van der Waals surface area (Å²) < 4.78 is 5.95. The fourth-order valence-corrected chi connectivity index (χ4v) is 3.83. The molecule has 0 aliphatic carbocycles.